The first-order valence-electron chi connectivity index (χ1n) is 7.91. The van der Waals surface area contributed by atoms with Crippen molar-refractivity contribution in [3.8, 4) is 0 Å². The van der Waals surface area contributed by atoms with Gasteiger partial charge in [-0.1, -0.05) is 41.0 Å². The fraction of sp³-hybridized carbons (Fsp3) is 0.294. The molecule has 0 aliphatic heterocycles. The Hall–Kier alpha value is -1.83. The average Bonchev–Trinajstić information content (AvgIpc) is 2.98. The van der Waals surface area contributed by atoms with E-state index in [1.807, 2.05) is 32.9 Å². The Morgan fingerprint density at radius 2 is 2.00 bits per heavy atom. The highest BCUT2D eigenvalue weighted by Crippen LogP contribution is 2.25. The molecule has 9 heteroatoms. The fourth-order valence-corrected chi connectivity index (χ4v) is 3.42. The molecule has 0 unspecified atom stereocenters. The van der Waals surface area contributed by atoms with Crippen LogP contribution in [0, 0.1) is 13.8 Å². The second-order valence-corrected chi connectivity index (χ2v) is 7.65. The van der Waals surface area contributed by atoms with E-state index in [4.69, 9.17) is 23.2 Å². The van der Waals surface area contributed by atoms with Crippen molar-refractivity contribution in [3.05, 3.63) is 51.3 Å². The summed E-state index contributed by atoms with van der Waals surface area (Å²) in [5, 5.41) is 8.77. The van der Waals surface area contributed by atoms with Gasteiger partial charge in [0.15, 0.2) is 0 Å². The summed E-state index contributed by atoms with van der Waals surface area (Å²) in [6.07, 6.45) is 0. The Morgan fingerprint density at radius 3 is 2.73 bits per heavy atom. The summed E-state index contributed by atoms with van der Waals surface area (Å²) in [4.78, 5) is 20.9. The molecule has 1 N–H and O–H groups in total. The number of nitrogens with one attached hydrogen (secondary N) is 1. The van der Waals surface area contributed by atoms with Crippen LogP contribution in [-0.2, 0) is 4.79 Å². The summed E-state index contributed by atoms with van der Waals surface area (Å²) in [5.41, 5.74) is 2.72. The molecule has 0 saturated heterocycles. The lowest BCUT2D eigenvalue weighted by molar-refractivity contribution is -0.119. The van der Waals surface area contributed by atoms with Crippen LogP contribution in [0.25, 0.3) is 5.78 Å². The molecule has 0 bridgehead atoms. The summed E-state index contributed by atoms with van der Waals surface area (Å²) >= 11 is 13.2. The molecular weight excluding hydrogens is 393 g/mol. The van der Waals surface area contributed by atoms with Gasteiger partial charge in [-0.3, -0.25) is 4.79 Å². The molecule has 0 spiro atoms. The zero-order chi connectivity index (χ0) is 18.8. The number of nitrogens with zero attached hydrogens (tertiary/aromatic N) is 4. The Labute approximate surface area is 165 Å². The Balaban J connectivity index is 1.61. The van der Waals surface area contributed by atoms with Crippen LogP contribution in [0.3, 0.4) is 0 Å². The lowest BCUT2D eigenvalue weighted by atomic mass is 10.1. The van der Waals surface area contributed by atoms with E-state index >= 15 is 0 Å². The van der Waals surface area contributed by atoms with E-state index in [1.54, 1.807) is 16.6 Å². The first-order chi connectivity index (χ1) is 12.3. The highest BCUT2D eigenvalue weighted by molar-refractivity contribution is 7.99. The van der Waals surface area contributed by atoms with Gasteiger partial charge in [-0.05, 0) is 44.5 Å². The number of thioether (sulfide) groups is 1. The van der Waals surface area contributed by atoms with Gasteiger partial charge in [0.05, 0.1) is 21.8 Å². The standard InChI is InChI=1S/C17H17Cl2N5OS/c1-9-6-10(2)24-16(20-9)22-17(23-24)26-8-15(25)21-11(3)12-4-5-13(18)14(19)7-12/h4-7,11H,8H2,1-3H3,(H,21,25)/t11-/m0/s1. The van der Waals surface area contributed by atoms with Crippen molar-refractivity contribution < 1.29 is 4.79 Å². The molecule has 0 aliphatic carbocycles. The smallest absolute Gasteiger partial charge is 0.253 e. The summed E-state index contributed by atoms with van der Waals surface area (Å²) in [6.45, 7) is 5.74. The van der Waals surface area contributed by atoms with Crippen LogP contribution in [0.2, 0.25) is 10.0 Å². The van der Waals surface area contributed by atoms with Crippen LogP contribution in [0.15, 0.2) is 29.4 Å². The summed E-state index contributed by atoms with van der Waals surface area (Å²) in [6, 6.07) is 7.06. The van der Waals surface area contributed by atoms with E-state index in [2.05, 4.69) is 20.4 Å². The van der Waals surface area contributed by atoms with Crippen molar-refractivity contribution in [3.63, 3.8) is 0 Å². The maximum absolute atomic E-state index is 12.2. The first-order valence-corrected chi connectivity index (χ1v) is 9.66. The van der Waals surface area contributed by atoms with Gasteiger partial charge in [0.25, 0.3) is 5.78 Å². The van der Waals surface area contributed by atoms with E-state index in [-0.39, 0.29) is 17.7 Å². The van der Waals surface area contributed by atoms with Crippen molar-refractivity contribution in [1.82, 2.24) is 24.9 Å². The van der Waals surface area contributed by atoms with E-state index in [1.165, 1.54) is 11.8 Å². The maximum atomic E-state index is 12.2. The second kappa shape index (κ2) is 7.82. The van der Waals surface area contributed by atoms with E-state index in [0.29, 0.717) is 21.0 Å². The van der Waals surface area contributed by atoms with Crippen LogP contribution in [0.1, 0.15) is 29.9 Å². The number of carbonyl (C=O) groups excluding carboxylic acids is 1. The predicted molar refractivity (Wildman–Crippen MR) is 104 cm³/mol. The van der Waals surface area contributed by atoms with Crippen LogP contribution in [0.4, 0.5) is 0 Å². The highest BCUT2D eigenvalue weighted by atomic mass is 35.5. The third-order valence-electron chi connectivity index (χ3n) is 3.75. The quantitative estimate of drug-likeness (QED) is 0.644. The third kappa shape index (κ3) is 4.28. The van der Waals surface area contributed by atoms with Crippen molar-refractivity contribution in [2.24, 2.45) is 0 Å². The zero-order valence-corrected chi connectivity index (χ0v) is 16.8. The number of carbonyl (C=O) groups is 1. The number of fused-ring (bicyclic) bond motifs is 1. The van der Waals surface area contributed by atoms with Crippen LogP contribution in [-0.4, -0.2) is 31.2 Å². The van der Waals surface area contributed by atoms with Gasteiger partial charge < -0.3 is 5.32 Å². The molecule has 0 aliphatic rings. The SMILES string of the molecule is Cc1cc(C)n2nc(SCC(=O)N[C@@H](C)c3ccc(Cl)c(Cl)c3)nc2n1. The molecule has 1 aromatic carbocycles. The molecule has 2 aromatic heterocycles. The number of hydrogen-bond acceptors (Lipinski definition) is 5. The normalized spacial score (nSPS) is 12.3. The molecule has 1 amide bonds. The van der Waals surface area contributed by atoms with Gasteiger partial charge in [-0.2, -0.15) is 4.98 Å². The van der Waals surface area contributed by atoms with Crippen molar-refractivity contribution >= 4 is 46.6 Å². The first kappa shape index (κ1) is 18.9. The van der Waals surface area contributed by atoms with E-state index < -0.39 is 0 Å². The van der Waals surface area contributed by atoms with E-state index in [0.717, 1.165) is 17.0 Å². The topological polar surface area (TPSA) is 72.2 Å². The molecule has 1 atom stereocenters. The number of benzene rings is 1. The van der Waals surface area contributed by atoms with Crippen LogP contribution < -0.4 is 5.32 Å². The van der Waals surface area contributed by atoms with Crippen LogP contribution in [0.5, 0.6) is 0 Å². The molecule has 3 rings (SSSR count). The molecular formula is C17H17Cl2N5OS. The molecule has 2 heterocycles. The van der Waals surface area contributed by atoms with Gasteiger partial charge >= 0.3 is 0 Å². The van der Waals surface area contributed by atoms with Crippen molar-refractivity contribution in [2.45, 2.75) is 32.0 Å². The Kier molecular flexibility index (Phi) is 5.70. The number of aryl methyl sites for hydroxylation is 2. The van der Waals surface area contributed by atoms with Crippen molar-refractivity contribution in [2.75, 3.05) is 5.75 Å². The molecule has 26 heavy (non-hydrogen) atoms. The number of aromatic nitrogens is 4. The van der Waals surface area contributed by atoms with E-state index in [9.17, 15) is 4.79 Å². The number of halogens is 2. The molecule has 3 aromatic rings. The van der Waals surface area contributed by atoms with Gasteiger partial charge in [-0.15, -0.1) is 5.10 Å². The third-order valence-corrected chi connectivity index (χ3v) is 5.33. The molecule has 0 radical (unpaired) electrons. The van der Waals surface area contributed by atoms with Crippen LogP contribution >= 0.6 is 35.0 Å². The number of rotatable bonds is 5. The van der Waals surface area contributed by atoms with Crippen molar-refractivity contribution in [1.29, 1.82) is 0 Å². The average molecular weight is 410 g/mol. The highest BCUT2D eigenvalue weighted by Gasteiger charge is 2.14. The lowest BCUT2D eigenvalue weighted by Gasteiger charge is -2.14. The second-order valence-electron chi connectivity index (χ2n) is 5.90. The Morgan fingerprint density at radius 1 is 1.23 bits per heavy atom. The minimum Gasteiger partial charge on any atom is -0.349 e. The van der Waals surface area contributed by atoms with Gasteiger partial charge in [0, 0.05) is 11.4 Å². The van der Waals surface area contributed by atoms with Gasteiger partial charge in [-0.25, -0.2) is 9.50 Å². The zero-order valence-electron chi connectivity index (χ0n) is 14.5. The fourth-order valence-electron chi connectivity index (χ4n) is 2.49. The molecule has 136 valence electrons. The number of amides is 1. The minimum absolute atomic E-state index is 0.117. The van der Waals surface area contributed by atoms with Gasteiger partial charge in [0.2, 0.25) is 11.1 Å². The monoisotopic (exact) mass is 409 g/mol. The summed E-state index contributed by atoms with van der Waals surface area (Å²) in [5.74, 6) is 0.628. The lowest BCUT2D eigenvalue weighted by Crippen LogP contribution is -2.28. The Bertz CT molecular complexity index is 975. The minimum atomic E-state index is -0.182. The number of hydrogen-bond donors (Lipinski definition) is 1. The predicted octanol–water partition coefficient (Wildman–Crippen LogP) is 4.02. The maximum Gasteiger partial charge on any atom is 0.253 e. The largest absolute Gasteiger partial charge is 0.349 e. The molecule has 0 saturated carbocycles. The molecule has 0 fully saturated rings. The summed E-state index contributed by atoms with van der Waals surface area (Å²) < 4.78 is 1.67. The van der Waals surface area contributed by atoms with Gasteiger partial charge in [0.1, 0.15) is 0 Å². The summed E-state index contributed by atoms with van der Waals surface area (Å²) in [7, 11) is 0. The molecule has 6 nitrogen and oxygen atoms in total.